The molecule has 2 heterocycles. The summed E-state index contributed by atoms with van der Waals surface area (Å²) >= 11 is 0. The van der Waals surface area contributed by atoms with Crippen LogP contribution in [-0.2, 0) is 0 Å². The fourth-order valence-corrected chi connectivity index (χ4v) is 3.97. The monoisotopic (exact) mass is 264 g/mol. The first-order valence-corrected chi connectivity index (χ1v) is 8.27. The quantitative estimate of drug-likeness (QED) is 0.707. The van der Waals surface area contributed by atoms with E-state index in [4.69, 9.17) is 0 Å². The normalized spacial score (nSPS) is 32.5. The van der Waals surface area contributed by atoms with Crippen molar-refractivity contribution in [3.05, 3.63) is 12.2 Å². The lowest BCUT2D eigenvalue weighted by atomic mass is 9.82. The molecule has 3 unspecified atom stereocenters. The summed E-state index contributed by atoms with van der Waals surface area (Å²) in [6, 6.07) is 2.37. The lowest BCUT2D eigenvalue weighted by Gasteiger charge is -2.40. The molecule has 2 aliphatic rings. The SMILES string of the molecule is C=C(CC)CC(NCCC)C1CC2CCC(C1)N2C. The number of hydrogen-bond donors (Lipinski definition) is 1. The smallest absolute Gasteiger partial charge is 0.0133 e. The molecule has 0 spiro atoms. The van der Waals surface area contributed by atoms with Gasteiger partial charge in [-0.3, -0.25) is 0 Å². The summed E-state index contributed by atoms with van der Waals surface area (Å²) in [5.41, 5.74) is 1.42. The minimum absolute atomic E-state index is 0.671. The van der Waals surface area contributed by atoms with Crippen molar-refractivity contribution in [2.75, 3.05) is 13.6 Å². The van der Waals surface area contributed by atoms with Crippen LogP contribution in [0.25, 0.3) is 0 Å². The largest absolute Gasteiger partial charge is 0.313 e. The first-order chi connectivity index (χ1) is 9.15. The van der Waals surface area contributed by atoms with Crippen molar-refractivity contribution in [1.29, 1.82) is 0 Å². The molecule has 0 amide bonds. The van der Waals surface area contributed by atoms with Crippen molar-refractivity contribution in [3.8, 4) is 0 Å². The molecule has 2 rings (SSSR count). The van der Waals surface area contributed by atoms with Crippen LogP contribution >= 0.6 is 0 Å². The fraction of sp³-hybridized carbons (Fsp3) is 0.882. The molecule has 2 bridgehead atoms. The van der Waals surface area contributed by atoms with Crippen LogP contribution in [0.3, 0.4) is 0 Å². The molecule has 0 aromatic rings. The molecule has 2 saturated heterocycles. The fourth-order valence-electron chi connectivity index (χ4n) is 3.97. The molecule has 3 atom stereocenters. The van der Waals surface area contributed by atoms with E-state index in [-0.39, 0.29) is 0 Å². The molecule has 0 aromatic heterocycles. The number of rotatable bonds is 7. The average molecular weight is 264 g/mol. The van der Waals surface area contributed by atoms with E-state index in [1.54, 1.807) is 0 Å². The van der Waals surface area contributed by atoms with Gasteiger partial charge in [-0.2, -0.15) is 0 Å². The van der Waals surface area contributed by atoms with Crippen LogP contribution in [0.1, 0.15) is 58.8 Å². The van der Waals surface area contributed by atoms with Crippen molar-refractivity contribution < 1.29 is 0 Å². The van der Waals surface area contributed by atoms with E-state index >= 15 is 0 Å². The molecule has 0 aromatic carbocycles. The number of nitrogens with zero attached hydrogens (tertiary/aromatic N) is 1. The van der Waals surface area contributed by atoms with Crippen LogP contribution in [0.15, 0.2) is 12.2 Å². The van der Waals surface area contributed by atoms with E-state index < -0.39 is 0 Å². The van der Waals surface area contributed by atoms with Crippen molar-refractivity contribution in [2.24, 2.45) is 5.92 Å². The molecule has 0 saturated carbocycles. The van der Waals surface area contributed by atoms with Gasteiger partial charge in [-0.25, -0.2) is 0 Å². The Morgan fingerprint density at radius 1 is 1.26 bits per heavy atom. The molecule has 2 aliphatic heterocycles. The predicted molar refractivity (Wildman–Crippen MR) is 83.4 cm³/mol. The van der Waals surface area contributed by atoms with E-state index in [0.717, 1.165) is 31.0 Å². The van der Waals surface area contributed by atoms with Gasteiger partial charge >= 0.3 is 0 Å². The third-order valence-corrected chi connectivity index (χ3v) is 5.37. The zero-order chi connectivity index (χ0) is 13.8. The minimum Gasteiger partial charge on any atom is -0.313 e. The second-order valence-corrected chi connectivity index (χ2v) is 6.65. The standard InChI is InChI=1S/C17H32N2/c1-5-9-18-17(10-13(3)6-2)14-11-15-7-8-16(12-14)19(15)4/h14-18H,3,5-12H2,1-2,4H3. The first kappa shape index (κ1) is 15.1. The van der Waals surface area contributed by atoms with Crippen LogP contribution in [0.5, 0.6) is 0 Å². The molecule has 0 radical (unpaired) electrons. The summed E-state index contributed by atoms with van der Waals surface area (Å²) in [4.78, 5) is 2.64. The van der Waals surface area contributed by atoms with Crippen molar-refractivity contribution in [1.82, 2.24) is 10.2 Å². The molecule has 2 heteroatoms. The summed E-state index contributed by atoms with van der Waals surface area (Å²) in [6.45, 7) is 9.88. The summed E-state index contributed by atoms with van der Waals surface area (Å²) in [6.07, 6.45) is 9.18. The average Bonchev–Trinajstić information content (AvgIpc) is 2.65. The zero-order valence-corrected chi connectivity index (χ0v) is 13.1. The summed E-state index contributed by atoms with van der Waals surface area (Å²) < 4.78 is 0. The van der Waals surface area contributed by atoms with E-state index in [1.165, 1.54) is 44.1 Å². The van der Waals surface area contributed by atoms with E-state index in [1.807, 2.05) is 0 Å². The van der Waals surface area contributed by atoms with Crippen LogP contribution < -0.4 is 5.32 Å². The van der Waals surface area contributed by atoms with Gasteiger partial charge in [0.25, 0.3) is 0 Å². The van der Waals surface area contributed by atoms with Gasteiger partial charge in [0.05, 0.1) is 0 Å². The summed E-state index contributed by atoms with van der Waals surface area (Å²) in [7, 11) is 2.33. The lowest BCUT2D eigenvalue weighted by molar-refractivity contribution is 0.112. The number of fused-ring (bicyclic) bond motifs is 2. The highest BCUT2D eigenvalue weighted by atomic mass is 15.2. The van der Waals surface area contributed by atoms with Crippen LogP contribution in [0.2, 0.25) is 0 Å². The van der Waals surface area contributed by atoms with E-state index in [2.05, 4.69) is 37.7 Å². The van der Waals surface area contributed by atoms with E-state index in [0.29, 0.717) is 6.04 Å². The molecular weight excluding hydrogens is 232 g/mol. The van der Waals surface area contributed by atoms with Crippen molar-refractivity contribution in [3.63, 3.8) is 0 Å². The van der Waals surface area contributed by atoms with Gasteiger partial charge in [0.15, 0.2) is 0 Å². The molecular formula is C17H32N2. The minimum atomic E-state index is 0.671. The second-order valence-electron chi connectivity index (χ2n) is 6.65. The maximum atomic E-state index is 4.23. The Bertz CT molecular complexity index is 286. The highest BCUT2D eigenvalue weighted by molar-refractivity contribution is 5.02. The zero-order valence-electron chi connectivity index (χ0n) is 13.1. The van der Waals surface area contributed by atoms with Gasteiger partial charge in [-0.15, -0.1) is 0 Å². The molecule has 0 aliphatic carbocycles. The van der Waals surface area contributed by atoms with Gasteiger partial charge in [-0.1, -0.05) is 26.0 Å². The van der Waals surface area contributed by atoms with Gasteiger partial charge in [0, 0.05) is 18.1 Å². The third-order valence-electron chi connectivity index (χ3n) is 5.37. The summed E-state index contributed by atoms with van der Waals surface area (Å²) in [5, 5.41) is 3.81. The first-order valence-electron chi connectivity index (χ1n) is 8.27. The second kappa shape index (κ2) is 6.90. The highest BCUT2D eigenvalue weighted by Crippen LogP contribution is 2.39. The van der Waals surface area contributed by atoms with Crippen LogP contribution in [0.4, 0.5) is 0 Å². The Balaban J connectivity index is 1.96. The Hall–Kier alpha value is -0.340. The molecule has 19 heavy (non-hydrogen) atoms. The number of nitrogens with one attached hydrogen (secondary N) is 1. The molecule has 2 nitrogen and oxygen atoms in total. The number of piperidine rings is 1. The third kappa shape index (κ3) is 3.61. The molecule has 2 fully saturated rings. The molecule has 1 N–H and O–H groups in total. The Kier molecular flexibility index (Phi) is 5.47. The highest BCUT2D eigenvalue weighted by Gasteiger charge is 2.40. The predicted octanol–water partition coefficient (Wildman–Crippen LogP) is 3.58. The maximum Gasteiger partial charge on any atom is 0.0133 e. The number of hydrogen-bond acceptors (Lipinski definition) is 2. The van der Waals surface area contributed by atoms with Gasteiger partial charge < -0.3 is 10.2 Å². The van der Waals surface area contributed by atoms with Gasteiger partial charge in [-0.05, 0) is 64.5 Å². The molecule has 110 valence electrons. The lowest BCUT2D eigenvalue weighted by Crippen LogP contribution is -2.47. The van der Waals surface area contributed by atoms with E-state index in [9.17, 15) is 0 Å². The Morgan fingerprint density at radius 2 is 1.89 bits per heavy atom. The topological polar surface area (TPSA) is 15.3 Å². The van der Waals surface area contributed by atoms with Crippen molar-refractivity contribution in [2.45, 2.75) is 76.9 Å². The van der Waals surface area contributed by atoms with Gasteiger partial charge in [0.2, 0.25) is 0 Å². The van der Waals surface area contributed by atoms with Crippen LogP contribution in [0, 0.1) is 5.92 Å². The van der Waals surface area contributed by atoms with Crippen molar-refractivity contribution >= 4 is 0 Å². The Morgan fingerprint density at radius 3 is 2.42 bits per heavy atom. The maximum absolute atomic E-state index is 4.23. The Labute approximate surface area is 119 Å². The summed E-state index contributed by atoms with van der Waals surface area (Å²) in [5.74, 6) is 0.864. The van der Waals surface area contributed by atoms with Gasteiger partial charge in [0.1, 0.15) is 0 Å². The van der Waals surface area contributed by atoms with Crippen LogP contribution in [-0.4, -0.2) is 36.6 Å².